The van der Waals surface area contributed by atoms with Crippen molar-refractivity contribution < 1.29 is 23.8 Å². The van der Waals surface area contributed by atoms with Gasteiger partial charge >= 0.3 is 11.9 Å². The molecule has 0 aliphatic carbocycles. The second-order valence-electron chi connectivity index (χ2n) is 5.08. The van der Waals surface area contributed by atoms with Crippen molar-refractivity contribution in [2.24, 2.45) is 0 Å². The van der Waals surface area contributed by atoms with Gasteiger partial charge in [-0.3, -0.25) is 0 Å². The molecule has 0 saturated carbocycles. The van der Waals surface area contributed by atoms with E-state index in [2.05, 4.69) is 0 Å². The van der Waals surface area contributed by atoms with E-state index in [0.29, 0.717) is 22.6 Å². The first-order valence-electron chi connectivity index (χ1n) is 7.82. The van der Waals surface area contributed by atoms with Gasteiger partial charge in [0.2, 0.25) is 0 Å². The molecule has 0 saturated heterocycles. The van der Waals surface area contributed by atoms with Crippen molar-refractivity contribution in [3.05, 3.63) is 65.2 Å². The van der Waals surface area contributed by atoms with E-state index in [4.69, 9.17) is 19.5 Å². The van der Waals surface area contributed by atoms with Crippen LogP contribution in [0.25, 0.3) is 6.08 Å². The smallest absolute Gasteiger partial charge is 0.348 e. The summed E-state index contributed by atoms with van der Waals surface area (Å²) < 4.78 is 15.1. The van der Waals surface area contributed by atoms with E-state index in [1.54, 1.807) is 68.6 Å². The molecule has 26 heavy (non-hydrogen) atoms. The fraction of sp³-hybridized carbons (Fsp3) is 0.150. The molecule has 6 nitrogen and oxygen atoms in total. The Balaban J connectivity index is 2.07. The zero-order valence-electron chi connectivity index (χ0n) is 14.4. The lowest BCUT2D eigenvalue weighted by atomic mass is 10.1. The number of esters is 2. The third-order valence-electron chi connectivity index (χ3n) is 3.34. The number of rotatable bonds is 6. The number of carbonyl (C=O) groups excluding carboxylic acids is 2. The monoisotopic (exact) mass is 351 g/mol. The maximum Gasteiger partial charge on any atom is 0.348 e. The zero-order chi connectivity index (χ0) is 18.9. The second kappa shape index (κ2) is 9.04. The molecule has 0 N–H and O–H groups in total. The molecule has 2 rings (SSSR count). The van der Waals surface area contributed by atoms with Crippen LogP contribution in [0, 0.1) is 11.3 Å². The van der Waals surface area contributed by atoms with Gasteiger partial charge in [0.15, 0.2) is 0 Å². The summed E-state index contributed by atoms with van der Waals surface area (Å²) in [5.41, 5.74) is 0.900. The fourth-order valence-electron chi connectivity index (χ4n) is 2.04. The van der Waals surface area contributed by atoms with Crippen LogP contribution in [-0.2, 0) is 9.53 Å². The summed E-state index contributed by atoms with van der Waals surface area (Å²) >= 11 is 0. The number of nitrogens with zero attached hydrogens (tertiary/aromatic N) is 1. The van der Waals surface area contributed by atoms with Crippen LogP contribution in [-0.4, -0.2) is 25.7 Å². The minimum absolute atomic E-state index is 0.102. The summed E-state index contributed by atoms with van der Waals surface area (Å²) in [6.45, 7) is 1.86. The van der Waals surface area contributed by atoms with E-state index in [1.807, 2.05) is 0 Å². The lowest BCUT2D eigenvalue weighted by molar-refractivity contribution is -0.137. The number of methoxy groups -OCH3 is 1. The van der Waals surface area contributed by atoms with E-state index in [9.17, 15) is 9.59 Å². The van der Waals surface area contributed by atoms with Crippen LogP contribution in [0.4, 0.5) is 0 Å². The third kappa shape index (κ3) is 4.95. The summed E-state index contributed by atoms with van der Waals surface area (Å²) in [5, 5.41) is 9.02. The van der Waals surface area contributed by atoms with Crippen LogP contribution < -0.4 is 9.47 Å². The van der Waals surface area contributed by atoms with Gasteiger partial charge in [-0.1, -0.05) is 12.1 Å². The van der Waals surface area contributed by atoms with Crippen molar-refractivity contribution in [3.8, 4) is 17.6 Å². The average molecular weight is 351 g/mol. The Morgan fingerprint density at radius 1 is 1.04 bits per heavy atom. The standard InChI is InChI=1S/C20H17NO5/c1-3-25-19(22)16(13-21)12-14-4-8-18(9-5-14)26-20(23)15-6-10-17(24-2)11-7-15/h4-12H,3H2,1-2H3. The molecular weight excluding hydrogens is 334 g/mol. The summed E-state index contributed by atoms with van der Waals surface area (Å²) in [7, 11) is 1.54. The molecule has 2 aromatic carbocycles. The highest BCUT2D eigenvalue weighted by molar-refractivity contribution is 5.97. The van der Waals surface area contributed by atoms with E-state index < -0.39 is 11.9 Å². The molecular formula is C20H17NO5. The average Bonchev–Trinajstić information content (AvgIpc) is 2.67. The van der Waals surface area contributed by atoms with Gasteiger partial charge in [-0.15, -0.1) is 0 Å². The highest BCUT2D eigenvalue weighted by atomic mass is 16.5. The van der Waals surface area contributed by atoms with Gasteiger partial charge in [0.1, 0.15) is 23.1 Å². The van der Waals surface area contributed by atoms with Gasteiger partial charge in [-0.2, -0.15) is 5.26 Å². The first-order chi connectivity index (χ1) is 12.6. The van der Waals surface area contributed by atoms with Gasteiger partial charge in [0, 0.05) is 0 Å². The molecule has 0 aliphatic heterocycles. The molecule has 0 heterocycles. The molecule has 0 unspecified atom stereocenters. The quantitative estimate of drug-likeness (QED) is 0.343. The van der Waals surface area contributed by atoms with Crippen molar-refractivity contribution >= 4 is 18.0 Å². The van der Waals surface area contributed by atoms with Gasteiger partial charge in [-0.05, 0) is 55.0 Å². The summed E-state index contributed by atoms with van der Waals surface area (Å²) in [5.74, 6) is -0.185. The molecule has 0 radical (unpaired) electrons. The number of benzene rings is 2. The summed E-state index contributed by atoms with van der Waals surface area (Å²) in [6.07, 6.45) is 1.41. The van der Waals surface area contributed by atoms with E-state index in [1.165, 1.54) is 6.08 Å². The van der Waals surface area contributed by atoms with Crippen LogP contribution in [0.2, 0.25) is 0 Å². The van der Waals surface area contributed by atoms with Gasteiger partial charge < -0.3 is 14.2 Å². The lowest BCUT2D eigenvalue weighted by Gasteiger charge is -2.06. The summed E-state index contributed by atoms with van der Waals surface area (Å²) in [6, 6.07) is 14.8. The SMILES string of the molecule is CCOC(=O)C(C#N)=Cc1ccc(OC(=O)c2ccc(OC)cc2)cc1. The van der Waals surface area contributed by atoms with Gasteiger partial charge in [-0.25, -0.2) is 9.59 Å². The molecule has 2 aromatic rings. The van der Waals surface area contributed by atoms with Crippen LogP contribution in [0.1, 0.15) is 22.8 Å². The molecule has 6 heteroatoms. The second-order valence-corrected chi connectivity index (χ2v) is 5.08. The molecule has 0 atom stereocenters. The molecule has 0 bridgehead atoms. The Labute approximate surface area is 151 Å². The summed E-state index contributed by atoms with van der Waals surface area (Å²) in [4.78, 5) is 23.7. The predicted octanol–water partition coefficient (Wildman–Crippen LogP) is 3.38. The highest BCUT2D eigenvalue weighted by Crippen LogP contribution is 2.18. The van der Waals surface area contributed by atoms with Gasteiger partial charge in [0.05, 0.1) is 19.3 Å². The largest absolute Gasteiger partial charge is 0.497 e. The predicted molar refractivity (Wildman–Crippen MR) is 94.6 cm³/mol. The van der Waals surface area contributed by atoms with E-state index in [0.717, 1.165) is 0 Å². The number of hydrogen-bond acceptors (Lipinski definition) is 6. The number of nitriles is 1. The maximum absolute atomic E-state index is 12.1. The number of hydrogen-bond donors (Lipinski definition) is 0. The number of ether oxygens (including phenoxy) is 3. The van der Waals surface area contributed by atoms with Crippen LogP contribution in [0.3, 0.4) is 0 Å². The first-order valence-corrected chi connectivity index (χ1v) is 7.82. The molecule has 0 aliphatic rings. The molecule has 0 aromatic heterocycles. The van der Waals surface area contributed by atoms with Crippen LogP contribution >= 0.6 is 0 Å². The normalized spacial score (nSPS) is 10.6. The van der Waals surface area contributed by atoms with Crippen molar-refractivity contribution in [1.82, 2.24) is 0 Å². The van der Waals surface area contributed by atoms with Crippen LogP contribution in [0.5, 0.6) is 11.5 Å². The number of carbonyl (C=O) groups is 2. The highest BCUT2D eigenvalue weighted by Gasteiger charge is 2.11. The minimum atomic E-state index is -0.676. The molecule has 0 spiro atoms. The first kappa shape index (κ1) is 18.7. The topological polar surface area (TPSA) is 85.6 Å². The van der Waals surface area contributed by atoms with Crippen molar-refractivity contribution in [1.29, 1.82) is 5.26 Å². The van der Waals surface area contributed by atoms with Crippen molar-refractivity contribution in [2.75, 3.05) is 13.7 Å². The van der Waals surface area contributed by atoms with Crippen molar-refractivity contribution in [2.45, 2.75) is 6.92 Å². The fourth-order valence-corrected chi connectivity index (χ4v) is 2.04. The minimum Gasteiger partial charge on any atom is -0.497 e. The maximum atomic E-state index is 12.1. The Kier molecular flexibility index (Phi) is 6.52. The molecule has 0 fully saturated rings. The Morgan fingerprint density at radius 2 is 1.65 bits per heavy atom. The Morgan fingerprint density at radius 3 is 2.19 bits per heavy atom. The molecule has 132 valence electrons. The molecule has 0 amide bonds. The van der Waals surface area contributed by atoms with E-state index in [-0.39, 0.29) is 12.2 Å². The van der Waals surface area contributed by atoms with Crippen LogP contribution in [0.15, 0.2) is 54.1 Å². The Hall–Kier alpha value is -3.59. The van der Waals surface area contributed by atoms with Gasteiger partial charge in [0.25, 0.3) is 0 Å². The van der Waals surface area contributed by atoms with E-state index >= 15 is 0 Å². The zero-order valence-corrected chi connectivity index (χ0v) is 14.4. The third-order valence-corrected chi connectivity index (χ3v) is 3.34. The Bertz CT molecular complexity index is 845. The van der Waals surface area contributed by atoms with Crippen molar-refractivity contribution in [3.63, 3.8) is 0 Å². The lowest BCUT2D eigenvalue weighted by Crippen LogP contribution is -2.08.